The van der Waals surface area contributed by atoms with Crippen LogP contribution in [-0.4, -0.2) is 18.1 Å². The lowest BCUT2D eigenvalue weighted by molar-refractivity contribution is -0.139. The largest absolute Gasteiger partial charge is 0.469 e. The number of fused-ring (bicyclic) bond motifs is 1. The van der Waals surface area contributed by atoms with E-state index in [-0.39, 0.29) is 12.4 Å². The topological polar surface area (TPSA) is 39.2 Å². The van der Waals surface area contributed by atoms with Crippen molar-refractivity contribution >= 4 is 40.1 Å². The standard InChI is InChI=1S/C13H11Cl2NO2/c1-7-3-9(6-12(17)18-2)16-13-10(7)4-8(14)5-11(13)15/h3-5H,6H2,1-2H3. The minimum atomic E-state index is -0.327. The average molecular weight is 284 g/mol. The Morgan fingerprint density at radius 1 is 1.33 bits per heavy atom. The zero-order valence-electron chi connectivity index (χ0n) is 9.96. The van der Waals surface area contributed by atoms with E-state index >= 15 is 0 Å². The zero-order valence-corrected chi connectivity index (χ0v) is 11.5. The highest BCUT2D eigenvalue weighted by molar-refractivity contribution is 6.38. The van der Waals surface area contributed by atoms with Crippen LogP contribution in [0.2, 0.25) is 10.0 Å². The summed E-state index contributed by atoms with van der Waals surface area (Å²) < 4.78 is 4.62. The minimum Gasteiger partial charge on any atom is -0.469 e. The number of carbonyl (C=O) groups excluding carboxylic acids is 1. The van der Waals surface area contributed by atoms with Gasteiger partial charge >= 0.3 is 5.97 Å². The molecule has 3 nitrogen and oxygen atoms in total. The molecular weight excluding hydrogens is 273 g/mol. The summed E-state index contributed by atoms with van der Waals surface area (Å²) >= 11 is 12.1. The number of esters is 1. The van der Waals surface area contributed by atoms with Crippen LogP contribution >= 0.6 is 23.2 Å². The number of aromatic nitrogens is 1. The Hall–Kier alpha value is -1.32. The van der Waals surface area contributed by atoms with Crippen molar-refractivity contribution in [1.82, 2.24) is 4.98 Å². The summed E-state index contributed by atoms with van der Waals surface area (Å²) in [7, 11) is 1.35. The Morgan fingerprint density at radius 2 is 2.06 bits per heavy atom. The van der Waals surface area contributed by atoms with Crippen molar-refractivity contribution in [2.45, 2.75) is 13.3 Å². The predicted octanol–water partition coefficient (Wildman–Crippen LogP) is 3.57. The van der Waals surface area contributed by atoms with E-state index in [4.69, 9.17) is 23.2 Å². The first kappa shape index (κ1) is 13.1. The Kier molecular flexibility index (Phi) is 3.73. The molecule has 2 aromatic rings. The van der Waals surface area contributed by atoms with Gasteiger partial charge in [-0.3, -0.25) is 9.78 Å². The fourth-order valence-electron chi connectivity index (χ4n) is 1.79. The third-order valence-electron chi connectivity index (χ3n) is 2.64. The van der Waals surface area contributed by atoms with Gasteiger partial charge in [-0.1, -0.05) is 23.2 Å². The second-order valence-corrected chi connectivity index (χ2v) is 4.81. The van der Waals surface area contributed by atoms with Crippen LogP contribution < -0.4 is 0 Å². The normalized spacial score (nSPS) is 10.7. The second kappa shape index (κ2) is 5.12. The lowest BCUT2D eigenvalue weighted by Gasteiger charge is -2.07. The predicted molar refractivity (Wildman–Crippen MR) is 72.2 cm³/mol. The van der Waals surface area contributed by atoms with Gasteiger partial charge in [0.15, 0.2) is 0 Å². The van der Waals surface area contributed by atoms with E-state index in [0.717, 1.165) is 10.9 Å². The molecular formula is C13H11Cl2NO2. The molecule has 1 aromatic carbocycles. The van der Waals surface area contributed by atoms with Crippen molar-refractivity contribution in [2.75, 3.05) is 7.11 Å². The third kappa shape index (κ3) is 2.57. The molecule has 0 N–H and O–H groups in total. The molecule has 0 aliphatic carbocycles. The number of carbonyl (C=O) groups is 1. The number of ether oxygens (including phenoxy) is 1. The van der Waals surface area contributed by atoms with Gasteiger partial charge in [0.2, 0.25) is 0 Å². The number of aryl methyl sites for hydroxylation is 1. The summed E-state index contributed by atoms with van der Waals surface area (Å²) in [5, 5.41) is 1.94. The molecule has 0 aliphatic rings. The van der Waals surface area contributed by atoms with Gasteiger partial charge in [-0.05, 0) is 30.7 Å². The first-order chi connectivity index (χ1) is 8.51. The molecule has 1 aromatic heterocycles. The van der Waals surface area contributed by atoms with Crippen molar-refractivity contribution in [3.05, 3.63) is 39.5 Å². The molecule has 2 rings (SSSR count). The van der Waals surface area contributed by atoms with Gasteiger partial charge in [-0.25, -0.2) is 0 Å². The van der Waals surface area contributed by atoms with Crippen LogP contribution in [0, 0.1) is 6.92 Å². The minimum absolute atomic E-state index is 0.131. The van der Waals surface area contributed by atoms with E-state index in [1.807, 2.05) is 19.1 Å². The summed E-state index contributed by atoms with van der Waals surface area (Å²) in [6.07, 6.45) is 0.131. The first-order valence-electron chi connectivity index (χ1n) is 5.33. The van der Waals surface area contributed by atoms with Crippen molar-refractivity contribution in [2.24, 2.45) is 0 Å². The van der Waals surface area contributed by atoms with Crippen molar-refractivity contribution in [3.63, 3.8) is 0 Å². The molecule has 18 heavy (non-hydrogen) atoms. The van der Waals surface area contributed by atoms with Gasteiger partial charge in [-0.15, -0.1) is 0 Å². The molecule has 0 radical (unpaired) electrons. The van der Waals surface area contributed by atoms with E-state index in [1.165, 1.54) is 7.11 Å². The third-order valence-corrected chi connectivity index (χ3v) is 3.15. The monoisotopic (exact) mass is 283 g/mol. The lowest BCUT2D eigenvalue weighted by Crippen LogP contribution is -2.06. The highest BCUT2D eigenvalue weighted by Gasteiger charge is 2.10. The molecule has 0 atom stereocenters. The molecule has 0 amide bonds. The van der Waals surface area contributed by atoms with Crippen LogP contribution in [0.15, 0.2) is 18.2 Å². The fraction of sp³-hybridized carbons (Fsp3) is 0.231. The van der Waals surface area contributed by atoms with Crippen LogP contribution in [0.5, 0.6) is 0 Å². The SMILES string of the molecule is COC(=O)Cc1cc(C)c2cc(Cl)cc(Cl)c2n1. The second-order valence-electron chi connectivity index (χ2n) is 3.97. The number of methoxy groups -OCH3 is 1. The smallest absolute Gasteiger partial charge is 0.311 e. The number of benzene rings is 1. The van der Waals surface area contributed by atoms with Gasteiger partial charge in [0.05, 0.1) is 29.8 Å². The molecule has 94 valence electrons. The highest BCUT2D eigenvalue weighted by Crippen LogP contribution is 2.29. The number of nitrogens with zero attached hydrogens (tertiary/aromatic N) is 1. The molecule has 0 unspecified atom stereocenters. The van der Waals surface area contributed by atoms with Gasteiger partial charge in [-0.2, -0.15) is 0 Å². The quantitative estimate of drug-likeness (QED) is 0.791. The first-order valence-corrected chi connectivity index (χ1v) is 6.09. The Bertz CT molecular complexity index is 626. The number of halogens is 2. The molecule has 0 fully saturated rings. The molecule has 0 saturated heterocycles. The number of pyridine rings is 1. The number of rotatable bonds is 2. The Balaban J connectivity index is 2.58. The van der Waals surface area contributed by atoms with E-state index in [1.54, 1.807) is 6.07 Å². The fourth-order valence-corrected chi connectivity index (χ4v) is 2.33. The molecule has 0 spiro atoms. The van der Waals surface area contributed by atoms with E-state index in [9.17, 15) is 4.79 Å². The maximum atomic E-state index is 11.3. The maximum Gasteiger partial charge on any atom is 0.311 e. The van der Waals surface area contributed by atoms with Crippen LogP contribution in [0.4, 0.5) is 0 Å². The molecule has 0 aliphatic heterocycles. The van der Waals surface area contributed by atoms with Crippen molar-refractivity contribution < 1.29 is 9.53 Å². The van der Waals surface area contributed by atoms with Gasteiger partial charge < -0.3 is 4.74 Å². The lowest BCUT2D eigenvalue weighted by atomic mass is 10.1. The van der Waals surface area contributed by atoms with Gasteiger partial charge in [0.25, 0.3) is 0 Å². The van der Waals surface area contributed by atoms with Crippen LogP contribution in [0.1, 0.15) is 11.3 Å². The summed E-state index contributed by atoms with van der Waals surface area (Å²) in [6.45, 7) is 1.93. The van der Waals surface area contributed by atoms with E-state index in [0.29, 0.717) is 21.3 Å². The Morgan fingerprint density at radius 3 is 2.72 bits per heavy atom. The van der Waals surface area contributed by atoms with Crippen LogP contribution in [0.25, 0.3) is 10.9 Å². The molecule has 1 heterocycles. The highest BCUT2D eigenvalue weighted by atomic mass is 35.5. The molecule has 0 saturated carbocycles. The maximum absolute atomic E-state index is 11.3. The molecule has 0 bridgehead atoms. The summed E-state index contributed by atoms with van der Waals surface area (Å²) in [4.78, 5) is 15.6. The van der Waals surface area contributed by atoms with Crippen molar-refractivity contribution in [3.8, 4) is 0 Å². The van der Waals surface area contributed by atoms with E-state index in [2.05, 4.69) is 9.72 Å². The van der Waals surface area contributed by atoms with Gasteiger partial charge in [0.1, 0.15) is 0 Å². The Labute approximate surface area is 115 Å². The number of hydrogen-bond donors (Lipinski definition) is 0. The van der Waals surface area contributed by atoms with Gasteiger partial charge in [0, 0.05) is 10.4 Å². The van der Waals surface area contributed by atoms with Crippen LogP contribution in [0.3, 0.4) is 0 Å². The van der Waals surface area contributed by atoms with Crippen LogP contribution in [-0.2, 0) is 16.0 Å². The summed E-state index contributed by atoms with van der Waals surface area (Å²) in [6, 6.07) is 5.29. The average Bonchev–Trinajstić information content (AvgIpc) is 2.30. The zero-order chi connectivity index (χ0) is 13.3. The summed E-state index contributed by atoms with van der Waals surface area (Å²) in [5.74, 6) is -0.327. The molecule has 5 heteroatoms. The number of hydrogen-bond acceptors (Lipinski definition) is 3. The van der Waals surface area contributed by atoms with Crippen molar-refractivity contribution in [1.29, 1.82) is 0 Å². The van der Waals surface area contributed by atoms with E-state index < -0.39 is 0 Å². The summed E-state index contributed by atoms with van der Waals surface area (Å²) in [5.41, 5.74) is 2.26.